The summed E-state index contributed by atoms with van der Waals surface area (Å²) in [5.74, 6) is 0.916. The number of anilines is 1. The zero-order valence-corrected chi connectivity index (χ0v) is 33.4. The van der Waals surface area contributed by atoms with Crippen molar-refractivity contribution < 1.29 is 29.6 Å². The fourth-order valence-corrected chi connectivity index (χ4v) is 7.60. The van der Waals surface area contributed by atoms with E-state index in [4.69, 9.17) is 10.5 Å². The largest absolute Gasteiger partial charge is 0.504 e. The van der Waals surface area contributed by atoms with E-state index in [0.717, 1.165) is 62.6 Å². The Morgan fingerprint density at radius 3 is 2.27 bits per heavy atom. The number of nitrogens with one attached hydrogen (secondary N) is 1. The minimum Gasteiger partial charge on any atom is -0.504 e. The summed E-state index contributed by atoms with van der Waals surface area (Å²) >= 11 is 0. The van der Waals surface area contributed by atoms with Crippen molar-refractivity contribution >= 4 is 23.0 Å². The minimum atomic E-state index is -0.453. The van der Waals surface area contributed by atoms with Gasteiger partial charge in [0.25, 0.3) is 0 Å². The van der Waals surface area contributed by atoms with E-state index in [1.807, 2.05) is 19.2 Å². The molecule has 0 fully saturated rings. The Morgan fingerprint density at radius 2 is 1.57 bits per heavy atom. The van der Waals surface area contributed by atoms with Crippen LogP contribution < -0.4 is 15.8 Å². The molecule has 4 rings (SSSR count). The van der Waals surface area contributed by atoms with E-state index in [1.165, 1.54) is 29.9 Å². The molecule has 0 saturated heterocycles. The van der Waals surface area contributed by atoms with Crippen LogP contribution in [0.3, 0.4) is 0 Å². The SMILES string of the molecule is CNC[C@H](C)C[C@H](CCCO)CCCC(=O)CC(=O)/C=C(\CO)c1cc(OC)c(O)cc1Cc1cnc(N)cc1CCc1cccc(CCc2ccccc2)c1. The second kappa shape index (κ2) is 23.3. The molecule has 0 saturated carbocycles. The first kappa shape index (κ1) is 43.9. The molecule has 6 N–H and O–H groups in total. The number of nitrogens with two attached hydrogens (primary N) is 1. The fourth-order valence-electron chi connectivity index (χ4n) is 7.60. The maximum absolute atomic E-state index is 13.2. The smallest absolute Gasteiger partial charge is 0.163 e. The number of phenolic OH excluding ortho intramolecular Hbond substituents is 1. The second-order valence-corrected chi connectivity index (χ2v) is 15.1. The zero-order valence-electron chi connectivity index (χ0n) is 33.4. The van der Waals surface area contributed by atoms with E-state index >= 15 is 0 Å². The van der Waals surface area contributed by atoms with Crippen LogP contribution in [0, 0.1) is 11.8 Å². The molecule has 300 valence electrons. The number of nitrogens with zero attached hydrogens (tertiary/aromatic N) is 1. The van der Waals surface area contributed by atoms with Crippen LogP contribution in [-0.2, 0) is 41.7 Å². The standard InChI is InChI=1S/C47H61N3O6/c1-33(30-49-2)22-35(15-9-21-51)14-8-16-42(53)28-43(54)25-41(32-52)44-29-46(56-3)45(55)26-39(44)24-40-31-50-47(48)27-38(40)20-19-37-13-7-12-36(23-37)18-17-34-10-5-4-6-11-34/h4-7,10-13,23,25-27,29,31,33,35,49,51-52,55H,8-9,14-22,24,28,30,32H2,1-3H3,(H2,48,50)/b41-25+/t33-,35+/m1/s1. The lowest BCUT2D eigenvalue weighted by Crippen LogP contribution is -2.19. The maximum Gasteiger partial charge on any atom is 0.163 e. The Morgan fingerprint density at radius 1 is 0.875 bits per heavy atom. The molecule has 0 amide bonds. The lowest BCUT2D eigenvalue weighted by molar-refractivity contribution is -0.124. The third-order valence-electron chi connectivity index (χ3n) is 10.5. The van der Waals surface area contributed by atoms with E-state index < -0.39 is 12.4 Å². The van der Waals surface area contributed by atoms with Crippen molar-refractivity contribution in [3.8, 4) is 11.5 Å². The lowest BCUT2D eigenvalue weighted by Gasteiger charge is -2.20. The van der Waals surface area contributed by atoms with Crippen molar-refractivity contribution in [2.75, 3.05) is 39.6 Å². The normalized spacial score (nSPS) is 12.7. The van der Waals surface area contributed by atoms with Gasteiger partial charge in [0.15, 0.2) is 17.3 Å². The summed E-state index contributed by atoms with van der Waals surface area (Å²) in [6, 6.07) is 24.2. The van der Waals surface area contributed by atoms with Gasteiger partial charge in [-0.15, -0.1) is 0 Å². The molecule has 0 unspecified atom stereocenters. The van der Waals surface area contributed by atoms with E-state index in [1.54, 1.807) is 18.3 Å². The van der Waals surface area contributed by atoms with E-state index in [2.05, 4.69) is 65.8 Å². The molecular weight excluding hydrogens is 703 g/mol. The maximum atomic E-state index is 13.2. The van der Waals surface area contributed by atoms with Crippen LogP contribution in [0.25, 0.3) is 5.57 Å². The third kappa shape index (κ3) is 14.3. The number of ether oxygens (including phenoxy) is 1. The number of Topliss-reactive ketones (excluding diaryl/α,β-unsaturated/α-hetero) is 1. The summed E-state index contributed by atoms with van der Waals surface area (Å²) in [6.45, 7) is 2.82. The summed E-state index contributed by atoms with van der Waals surface area (Å²) in [6.07, 6.45) is 11.1. The molecule has 56 heavy (non-hydrogen) atoms. The van der Waals surface area contributed by atoms with Gasteiger partial charge in [0.05, 0.1) is 20.1 Å². The number of methoxy groups -OCH3 is 1. The number of hydrogen-bond acceptors (Lipinski definition) is 9. The van der Waals surface area contributed by atoms with Crippen LogP contribution in [0.1, 0.15) is 90.8 Å². The molecule has 9 heteroatoms. The number of rotatable bonds is 25. The van der Waals surface area contributed by atoms with Gasteiger partial charge in [-0.2, -0.15) is 0 Å². The first-order valence-electron chi connectivity index (χ1n) is 20.0. The van der Waals surface area contributed by atoms with Crippen LogP contribution in [0.4, 0.5) is 5.82 Å². The van der Waals surface area contributed by atoms with Gasteiger partial charge in [-0.1, -0.05) is 67.9 Å². The first-order valence-corrected chi connectivity index (χ1v) is 20.0. The average molecular weight is 764 g/mol. The number of aromatic hydroxyl groups is 1. The quantitative estimate of drug-likeness (QED) is 0.0347. The molecule has 4 aromatic rings. The predicted molar refractivity (Wildman–Crippen MR) is 225 cm³/mol. The van der Waals surface area contributed by atoms with Gasteiger partial charge in [0.2, 0.25) is 0 Å². The molecular formula is C47H61N3O6. The van der Waals surface area contributed by atoms with Crippen LogP contribution in [0.15, 0.2) is 85.1 Å². The van der Waals surface area contributed by atoms with Gasteiger partial charge in [0, 0.05) is 19.2 Å². The van der Waals surface area contributed by atoms with Crippen molar-refractivity contribution in [2.24, 2.45) is 11.8 Å². The molecule has 2 atom stereocenters. The van der Waals surface area contributed by atoms with Crippen LogP contribution in [-0.4, -0.2) is 65.8 Å². The van der Waals surface area contributed by atoms with Gasteiger partial charge < -0.3 is 31.1 Å². The zero-order chi connectivity index (χ0) is 40.3. The molecule has 1 heterocycles. The van der Waals surface area contributed by atoms with Crippen LogP contribution >= 0.6 is 0 Å². The third-order valence-corrected chi connectivity index (χ3v) is 10.5. The van der Waals surface area contributed by atoms with Gasteiger partial charge in [-0.05, 0) is 152 Å². The number of ketones is 2. The summed E-state index contributed by atoms with van der Waals surface area (Å²) in [4.78, 5) is 30.6. The van der Waals surface area contributed by atoms with E-state index in [9.17, 15) is 24.9 Å². The highest BCUT2D eigenvalue weighted by Crippen LogP contribution is 2.35. The van der Waals surface area contributed by atoms with E-state index in [-0.39, 0.29) is 30.3 Å². The number of hydrogen-bond donors (Lipinski definition) is 5. The summed E-state index contributed by atoms with van der Waals surface area (Å²) in [5.41, 5.74) is 13.4. The Bertz CT molecular complexity index is 1880. The Hall–Kier alpha value is -4.83. The van der Waals surface area contributed by atoms with Crippen LogP contribution in [0.2, 0.25) is 0 Å². The number of pyridine rings is 1. The number of phenols is 1. The fraction of sp³-hybridized carbons (Fsp3) is 0.426. The Labute approximate surface area is 333 Å². The molecule has 3 aromatic carbocycles. The Balaban J connectivity index is 1.46. The molecule has 9 nitrogen and oxygen atoms in total. The number of nitrogen functional groups attached to an aromatic ring is 1. The molecule has 0 aliphatic heterocycles. The molecule has 0 spiro atoms. The van der Waals surface area contributed by atoms with Crippen molar-refractivity contribution in [3.63, 3.8) is 0 Å². The number of carbonyl (C=O) groups is 2. The van der Waals surface area contributed by atoms with Crippen LogP contribution in [0.5, 0.6) is 11.5 Å². The number of carbonyl (C=O) groups excluding carboxylic acids is 2. The lowest BCUT2D eigenvalue weighted by atomic mass is 9.87. The molecule has 0 aliphatic carbocycles. The molecule has 0 bridgehead atoms. The monoisotopic (exact) mass is 763 g/mol. The van der Waals surface area contributed by atoms with Crippen molar-refractivity contribution in [1.29, 1.82) is 0 Å². The first-order chi connectivity index (χ1) is 27.1. The van der Waals surface area contributed by atoms with Gasteiger partial charge in [-0.3, -0.25) is 9.59 Å². The Kier molecular flexibility index (Phi) is 18.3. The summed E-state index contributed by atoms with van der Waals surface area (Å²) in [5, 5.41) is 33.9. The summed E-state index contributed by atoms with van der Waals surface area (Å²) < 4.78 is 5.42. The molecule has 1 aromatic heterocycles. The van der Waals surface area contributed by atoms with Gasteiger partial charge in [0.1, 0.15) is 11.6 Å². The summed E-state index contributed by atoms with van der Waals surface area (Å²) in [7, 11) is 3.38. The van der Waals surface area contributed by atoms with Gasteiger partial charge >= 0.3 is 0 Å². The highest BCUT2D eigenvalue weighted by Gasteiger charge is 2.19. The van der Waals surface area contributed by atoms with Gasteiger partial charge in [-0.25, -0.2) is 4.98 Å². The number of benzene rings is 3. The molecule has 0 aliphatic rings. The number of aryl methyl sites for hydroxylation is 4. The number of aliphatic hydroxyl groups excluding tert-OH is 2. The van der Waals surface area contributed by atoms with Crippen molar-refractivity contribution in [2.45, 2.75) is 84.0 Å². The average Bonchev–Trinajstić information content (AvgIpc) is 3.19. The topological polar surface area (TPSA) is 155 Å². The second-order valence-electron chi connectivity index (χ2n) is 15.1. The number of allylic oxidation sites excluding steroid dienone is 1. The minimum absolute atomic E-state index is 0.0695. The number of aliphatic hydroxyl groups is 2. The van der Waals surface area contributed by atoms with Crippen molar-refractivity contribution in [1.82, 2.24) is 10.3 Å². The predicted octanol–water partition coefficient (Wildman–Crippen LogP) is 7.25. The highest BCUT2D eigenvalue weighted by atomic mass is 16.5. The molecule has 0 radical (unpaired) electrons. The number of aromatic nitrogens is 1. The van der Waals surface area contributed by atoms with E-state index in [0.29, 0.717) is 60.0 Å². The van der Waals surface area contributed by atoms with Crippen molar-refractivity contribution in [3.05, 3.63) is 124 Å². The highest BCUT2D eigenvalue weighted by molar-refractivity contribution is 6.07.